The number of carbonyl (C=O) groups excluding carboxylic acids is 1. The van der Waals surface area contributed by atoms with Crippen molar-refractivity contribution in [2.24, 2.45) is 0 Å². The van der Waals surface area contributed by atoms with E-state index < -0.39 is 0 Å². The summed E-state index contributed by atoms with van der Waals surface area (Å²) in [6.07, 6.45) is 3.16. The van der Waals surface area contributed by atoms with Crippen molar-refractivity contribution in [2.45, 2.75) is 57.5 Å². The van der Waals surface area contributed by atoms with Gasteiger partial charge in [-0.2, -0.15) is 5.10 Å². The third kappa shape index (κ3) is 6.66. The second kappa shape index (κ2) is 11.1. The summed E-state index contributed by atoms with van der Waals surface area (Å²) in [6.45, 7) is 11.3. The summed E-state index contributed by atoms with van der Waals surface area (Å²) < 4.78 is 7.21. The van der Waals surface area contributed by atoms with E-state index >= 15 is 0 Å². The van der Waals surface area contributed by atoms with Gasteiger partial charge in [-0.15, -0.1) is 0 Å². The van der Waals surface area contributed by atoms with E-state index in [1.54, 1.807) is 18.0 Å². The van der Waals surface area contributed by atoms with Crippen molar-refractivity contribution in [2.75, 3.05) is 31.6 Å². The van der Waals surface area contributed by atoms with E-state index in [-0.39, 0.29) is 5.91 Å². The van der Waals surface area contributed by atoms with E-state index in [9.17, 15) is 4.79 Å². The fraction of sp³-hybridized carbons (Fsp3) is 0.667. The molecule has 2 N–H and O–H groups in total. The van der Waals surface area contributed by atoms with Crippen molar-refractivity contribution in [1.82, 2.24) is 25.1 Å². The van der Waals surface area contributed by atoms with Gasteiger partial charge in [-0.25, -0.2) is 14.6 Å². The monoisotopic (exact) mass is 394 g/mol. The third-order valence-electron chi connectivity index (χ3n) is 3.68. The second-order valence-electron chi connectivity index (χ2n) is 6.35. The highest BCUT2D eigenvalue weighted by molar-refractivity contribution is 7.99. The molecule has 0 aliphatic heterocycles. The topological polar surface area (TPSA) is 94.0 Å². The molecule has 2 heterocycles. The van der Waals surface area contributed by atoms with Crippen LogP contribution in [0.3, 0.4) is 0 Å². The highest BCUT2D eigenvalue weighted by Gasteiger charge is 2.14. The van der Waals surface area contributed by atoms with Crippen molar-refractivity contribution < 1.29 is 9.53 Å². The van der Waals surface area contributed by atoms with Gasteiger partial charge in [-0.3, -0.25) is 4.79 Å². The summed E-state index contributed by atoms with van der Waals surface area (Å²) in [4.78, 5) is 21.0. The number of hydrogen-bond donors (Lipinski definition) is 2. The molecule has 0 radical (unpaired) electrons. The molecular weight excluding hydrogens is 364 g/mol. The first-order valence-electron chi connectivity index (χ1n) is 9.53. The van der Waals surface area contributed by atoms with Gasteiger partial charge in [0.2, 0.25) is 5.91 Å². The number of nitrogens with zero attached hydrogens (tertiary/aromatic N) is 4. The average molecular weight is 395 g/mol. The molecule has 2 rings (SSSR count). The van der Waals surface area contributed by atoms with Gasteiger partial charge < -0.3 is 15.4 Å². The number of rotatable bonds is 12. The van der Waals surface area contributed by atoms with Crippen molar-refractivity contribution in [3.63, 3.8) is 0 Å². The lowest BCUT2D eigenvalue weighted by Crippen LogP contribution is -2.27. The zero-order chi connectivity index (χ0) is 19.6. The SMILES string of the molecule is CCCC(=O)NCCn1ncc2c(NCCOCC)nc(SC(C)C)nc21. The second-order valence-corrected chi connectivity index (χ2v) is 7.89. The lowest BCUT2D eigenvalue weighted by molar-refractivity contribution is -0.121. The summed E-state index contributed by atoms with van der Waals surface area (Å²) in [5, 5.41) is 12.7. The number of anilines is 1. The number of amides is 1. The summed E-state index contributed by atoms with van der Waals surface area (Å²) in [5.74, 6) is 0.835. The number of ether oxygens (including phenoxy) is 1. The van der Waals surface area contributed by atoms with Crippen LogP contribution in [0, 0.1) is 0 Å². The Kier molecular flexibility index (Phi) is 8.80. The number of hydrogen-bond acceptors (Lipinski definition) is 7. The molecule has 0 aliphatic carbocycles. The lowest BCUT2D eigenvalue weighted by Gasteiger charge is -2.11. The average Bonchev–Trinajstić information content (AvgIpc) is 3.01. The van der Waals surface area contributed by atoms with E-state index in [1.807, 2.05) is 18.5 Å². The molecule has 150 valence electrons. The largest absolute Gasteiger partial charge is 0.380 e. The van der Waals surface area contributed by atoms with Gasteiger partial charge in [0.15, 0.2) is 10.8 Å². The Balaban J connectivity index is 2.17. The number of nitrogens with one attached hydrogen (secondary N) is 2. The van der Waals surface area contributed by atoms with Crippen molar-refractivity contribution in [3.8, 4) is 0 Å². The van der Waals surface area contributed by atoms with Gasteiger partial charge in [-0.05, 0) is 13.3 Å². The van der Waals surface area contributed by atoms with Crippen molar-refractivity contribution in [3.05, 3.63) is 6.20 Å². The first-order chi connectivity index (χ1) is 13.0. The Morgan fingerprint density at radius 1 is 1.30 bits per heavy atom. The van der Waals surface area contributed by atoms with E-state index in [4.69, 9.17) is 4.74 Å². The molecule has 0 atom stereocenters. The van der Waals surface area contributed by atoms with Crippen LogP contribution in [0.25, 0.3) is 11.0 Å². The molecule has 27 heavy (non-hydrogen) atoms. The standard InChI is InChI=1S/C18H30N6O2S/c1-5-7-15(25)19-8-10-24-17-14(12-21-24)16(20-9-11-26-6-2)22-18(23-17)27-13(3)4/h12-13H,5-11H2,1-4H3,(H,19,25)(H,20,22,23). The van der Waals surface area contributed by atoms with Crippen LogP contribution in [0.1, 0.15) is 40.5 Å². The minimum atomic E-state index is 0.0675. The molecule has 0 bridgehead atoms. The van der Waals surface area contributed by atoms with Crippen LogP contribution in [0.15, 0.2) is 11.4 Å². The van der Waals surface area contributed by atoms with Gasteiger partial charge in [0.05, 0.1) is 24.7 Å². The van der Waals surface area contributed by atoms with E-state index in [2.05, 4.69) is 39.5 Å². The van der Waals surface area contributed by atoms with Crippen LogP contribution in [0.5, 0.6) is 0 Å². The van der Waals surface area contributed by atoms with Crippen LogP contribution >= 0.6 is 11.8 Å². The molecule has 9 heteroatoms. The quantitative estimate of drug-likeness (QED) is 0.325. The first kappa shape index (κ1) is 21.4. The zero-order valence-electron chi connectivity index (χ0n) is 16.6. The molecule has 2 aromatic heterocycles. The van der Waals surface area contributed by atoms with Gasteiger partial charge in [0.25, 0.3) is 0 Å². The Hall–Kier alpha value is -1.87. The highest BCUT2D eigenvalue weighted by Crippen LogP contribution is 2.26. The zero-order valence-corrected chi connectivity index (χ0v) is 17.4. The number of thioether (sulfide) groups is 1. The summed E-state index contributed by atoms with van der Waals surface area (Å²) in [5.41, 5.74) is 0.775. The van der Waals surface area contributed by atoms with Crippen LogP contribution in [-0.4, -0.2) is 57.2 Å². The normalized spacial score (nSPS) is 11.3. The number of fused-ring (bicyclic) bond motifs is 1. The molecule has 8 nitrogen and oxygen atoms in total. The maximum absolute atomic E-state index is 11.6. The lowest BCUT2D eigenvalue weighted by atomic mass is 10.3. The molecule has 0 aliphatic rings. The molecule has 0 saturated carbocycles. The van der Waals surface area contributed by atoms with Crippen molar-refractivity contribution in [1.29, 1.82) is 0 Å². The first-order valence-corrected chi connectivity index (χ1v) is 10.4. The number of aromatic nitrogens is 4. The van der Waals surface area contributed by atoms with E-state index in [1.165, 1.54) is 0 Å². The maximum atomic E-state index is 11.6. The Labute approximate surface area is 164 Å². The van der Waals surface area contributed by atoms with Crippen LogP contribution < -0.4 is 10.6 Å². The molecule has 0 saturated heterocycles. The van der Waals surface area contributed by atoms with Gasteiger partial charge in [0, 0.05) is 31.4 Å². The molecule has 0 spiro atoms. The fourth-order valence-corrected chi connectivity index (χ4v) is 3.20. The van der Waals surface area contributed by atoms with Gasteiger partial charge in [-0.1, -0.05) is 32.5 Å². The third-order valence-corrected chi connectivity index (χ3v) is 4.55. The highest BCUT2D eigenvalue weighted by atomic mass is 32.2. The predicted octanol–water partition coefficient (Wildman–Crippen LogP) is 2.69. The summed E-state index contributed by atoms with van der Waals surface area (Å²) in [7, 11) is 0. The fourth-order valence-electron chi connectivity index (χ4n) is 2.50. The Morgan fingerprint density at radius 2 is 2.11 bits per heavy atom. The molecular formula is C18H30N6O2S. The molecule has 0 fully saturated rings. The predicted molar refractivity (Wildman–Crippen MR) is 109 cm³/mol. The minimum Gasteiger partial charge on any atom is -0.380 e. The van der Waals surface area contributed by atoms with E-state index in [0.29, 0.717) is 49.7 Å². The molecule has 0 unspecified atom stereocenters. The smallest absolute Gasteiger partial charge is 0.220 e. The minimum absolute atomic E-state index is 0.0675. The Morgan fingerprint density at radius 3 is 2.81 bits per heavy atom. The van der Waals surface area contributed by atoms with Gasteiger partial charge >= 0.3 is 0 Å². The summed E-state index contributed by atoms with van der Waals surface area (Å²) in [6, 6.07) is 0. The summed E-state index contributed by atoms with van der Waals surface area (Å²) >= 11 is 1.61. The van der Waals surface area contributed by atoms with Gasteiger partial charge in [0.1, 0.15) is 5.82 Å². The van der Waals surface area contributed by atoms with Crippen LogP contribution in [0.4, 0.5) is 5.82 Å². The van der Waals surface area contributed by atoms with Crippen LogP contribution in [0.2, 0.25) is 0 Å². The molecule has 1 amide bonds. The van der Waals surface area contributed by atoms with Crippen molar-refractivity contribution >= 4 is 34.5 Å². The van der Waals surface area contributed by atoms with E-state index in [0.717, 1.165) is 23.3 Å². The molecule has 2 aromatic rings. The molecule has 0 aromatic carbocycles. The van der Waals surface area contributed by atoms with Crippen LogP contribution in [-0.2, 0) is 16.1 Å². The maximum Gasteiger partial charge on any atom is 0.220 e. The Bertz CT molecular complexity index is 734. The number of carbonyl (C=O) groups is 1.